The lowest BCUT2D eigenvalue weighted by molar-refractivity contribution is 0.401. The van der Waals surface area contributed by atoms with Gasteiger partial charge in [-0.1, -0.05) is 0 Å². The third kappa shape index (κ3) is 2.71. The minimum absolute atomic E-state index is 0.0100. The summed E-state index contributed by atoms with van der Waals surface area (Å²) < 4.78 is 18.5. The van der Waals surface area contributed by atoms with Crippen LogP contribution < -0.4 is 4.74 Å². The largest absolute Gasteiger partial charge is 0.479 e. The first-order valence-corrected chi connectivity index (χ1v) is 7.96. The summed E-state index contributed by atoms with van der Waals surface area (Å²) in [5.41, 5.74) is 1.23. The molecule has 0 aliphatic rings. The molecule has 0 spiro atoms. The number of imidazole rings is 1. The van der Waals surface area contributed by atoms with Crippen molar-refractivity contribution in [3.8, 4) is 5.88 Å². The zero-order valence-electron chi connectivity index (χ0n) is 11.0. The van der Waals surface area contributed by atoms with Gasteiger partial charge in [0.1, 0.15) is 12.2 Å². The van der Waals surface area contributed by atoms with Gasteiger partial charge < -0.3 is 9.30 Å². The summed E-state index contributed by atoms with van der Waals surface area (Å²) >= 11 is 5.93. The van der Waals surface area contributed by atoms with Crippen molar-refractivity contribution in [1.29, 1.82) is 0 Å². The van der Waals surface area contributed by atoms with E-state index in [0.717, 1.165) is 0 Å². The van der Waals surface area contributed by atoms with Gasteiger partial charge in [-0.05, 0) is 6.92 Å². The minimum Gasteiger partial charge on any atom is -0.479 e. The van der Waals surface area contributed by atoms with Crippen molar-refractivity contribution in [1.82, 2.24) is 19.5 Å². The second-order valence-electron chi connectivity index (χ2n) is 4.18. The average molecular weight is 303 g/mol. The molecular formula is C11H15ClN4O2S. The molecule has 0 saturated carbocycles. The number of hydrogen-bond acceptors (Lipinski definition) is 5. The van der Waals surface area contributed by atoms with Crippen LogP contribution in [0.1, 0.15) is 18.8 Å². The lowest BCUT2D eigenvalue weighted by atomic mass is 10.3. The van der Waals surface area contributed by atoms with Crippen molar-refractivity contribution in [3.63, 3.8) is 0 Å². The molecule has 6 nitrogen and oxygen atoms in total. The number of fused-ring (bicyclic) bond motifs is 1. The molecule has 104 valence electrons. The zero-order chi connectivity index (χ0) is 14.0. The summed E-state index contributed by atoms with van der Waals surface area (Å²) in [5.74, 6) is 1.86. The Labute approximate surface area is 118 Å². The lowest BCUT2D eigenvalue weighted by Crippen LogP contribution is -2.15. The van der Waals surface area contributed by atoms with Gasteiger partial charge in [-0.15, -0.1) is 11.6 Å². The Morgan fingerprint density at radius 2 is 2.26 bits per heavy atom. The van der Waals surface area contributed by atoms with Crippen LogP contribution >= 0.6 is 11.6 Å². The molecule has 0 aromatic carbocycles. The van der Waals surface area contributed by atoms with Crippen LogP contribution in [-0.2, 0) is 16.7 Å². The first-order chi connectivity index (χ1) is 9.08. The van der Waals surface area contributed by atoms with E-state index in [4.69, 9.17) is 16.3 Å². The summed E-state index contributed by atoms with van der Waals surface area (Å²) in [6, 6.07) is -0.0100. The van der Waals surface area contributed by atoms with Crippen molar-refractivity contribution in [2.75, 3.05) is 19.1 Å². The highest BCUT2D eigenvalue weighted by molar-refractivity contribution is 7.84. The number of alkyl halides is 1. The molecule has 0 aliphatic heterocycles. The molecule has 2 aromatic rings. The van der Waals surface area contributed by atoms with Crippen LogP contribution in [0.4, 0.5) is 0 Å². The molecule has 2 heterocycles. The van der Waals surface area contributed by atoms with Gasteiger partial charge in [0, 0.05) is 28.9 Å². The van der Waals surface area contributed by atoms with Gasteiger partial charge in [-0.2, -0.15) is 4.98 Å². The van der Waals surface area contributed by atoms with E-state index in [1.807, 2.05) is 11.5 Å². The van der Waals surface area contributed by atoms with E-state index in [2.05, 4.69) is 15.0 Å². The van der Waals surface area contributed by atoms with Crippen LogP contribution in [0.15, 0.2) is 6.33 Å². The van der Waals surface area contributed by atoms with Crippen molar-refractivity contribution in [3.05, 3.63) is 12.2 Å². The van der Waals surface area contributed by atoms with E-state index < -0.39 is 10.8 Å². The van der Waals surface area contributed by atoms with Crippen molar-refractivity contribution < 1.29 is 8.95 Å². The second-order valence-corrected chi connectivity index (χ2v) is 5.92. The summed E-state index contributed by atoms with van der Waals surface area (Å²) in [5, 5.41) is 0. The summed E-state index contributed by atoms with van der Waals surface area (Å²) in [6.07, 6.45) is 3.10. The molecule has 0 aliphatic carbocycles. The molecule has 2 aromatic heterocycles. The van der Waals surface area contributed by atoms with E-state index >= 15 is 0 Å². The van der Waals surface area contributed by atoms with Crippen LogP contribution in [0.2, 0.25) is 0 Å². The molecule has 2 rings (SSSR count). The van der Waals surface area contributed by atoms with Gasteiger partial charge in [0.05, 0.1) is 13.0 Å². The first kappa shape index (κ1) is 14.2. The number of rotatable bonds is 5. The molecule has 8 heteroatoms. The number of aromatic nitrogens is 4. The SMILES string of the molecule is COc1ncnc2c1nc(CCl)n2C(C)CS(C)=O. The van der Waals surface area contributed by atoms with Gasteiger partial charge in [0.25, 0.3) is 0 Å². The molecule has 0 amide bonds. The third-order valence-corrected chi connectivity index (χ3v) is 3.94. The van der Waals surface area contributed by atoms with Gasteiger partial charge in [-0.25, -0.2) is 9.97 Å². The molecule has 0 N–H and O–H groups in total. The fourth-order valence-electron chi connectivity index (χ4n) is 2.05. The molecule has 2 atom stereocenters. The Kier molecular flexibility index (Phi) is 4.36. The third-order valence-electron chi connectivity index (χ3n) is 2.75. The number of methoxy groups -OCH3 is 1. The lowest BCUT2D eigenvalue weighted by Gasteiger charge is -2.14. The summed E-state index contributed by atoms with van der Waals surface area (Å²) in [4.78, 5) is 12.7. The van der Waals surface area contributed by atoms with Crippen molar-refractivity contribution in [2.45, 2.75) is 18.8 Å². The molecule has 0 bridgehead atoms. The van der Waals surface area contributed by atoms with Gasteiger partial charge in [0.15, 0.2) is 11.2 Å². The minimum atomic E-state index is -0.907. The Bertz CT molecular complexity index is 616. The monoisotopic (exact) mass is 302 g/mol. The van der Waals surface area contributed by atoms with Crippen LogP contribution in [-0.4, -0.2) is 42.8 Å². The van der Waals surface area contributed by atoms with Crippen molar-refractivity contribution in [2.24, 2.45) is 0 Å². The number of nitrogens with zero attached hydrogens (tertiary/aromatic N) is 4. The second kappa shape index (κ2) is 5.83. The normalized spacial score (nSPS) is 14.5. The highest BCUT2D eigenvalue weighted by Gasteiger charge is 2.20. The fourth-order valence-corrected chi connectivity index (χ4v) is 3.07. The maximum absolute atomic E-state index is 11.4. The smallest absolute Gasteiger partial charge is 0.245 e. The average Bonchev–Trinajstić information content (AvgIpc) is 2.75. The molecule has 0 radical (unpaired) electrons. The van der Waals surface area contributed by atoms with Crippen LogP contribution in [0.3, 0.4) is 0 Å². The van der Waals surface area contributed by atoms with E-state index in [1.165, 1.54) is 13.4 Å². The van der Waals surface area contributed by atoms with Crippen LogP contribution in [0, 0.1) is 0 Å². The predicted octanol–water partition coefficient (Wildman–Crippen LogP) is 1.51. The summed E-state index contributed by atoms with van der Waals surface area (Å²) in [7, 11) is 0.626. The zero-order valence-corrected chi connectivity index (χ0v) is 12.5. The first-order valence-electron chi connectivity index (χ1n) is 5.70. The highest BCUT2D eigenvalue weighted by atomic mass is 35.5. The fraction of sp³-hybridized carbons (Fsp3) is 0.545. The van der Waals surface area contributed by atoms with E-state index in [0.29, 0.717) is 28.6 Å². The molecular weight excluding hydrogens is 288 g/mol. The number of ether oxygens (including phenoxy) is 1. The van der Waals surface area contributed by atoms with E-state index in [1.54, 1.807) is 6.26 Å². The number of hydrogen-bond donors (Lipinski definition) is 0. The van der Waals surface area contributed by atoms with E-state index in [9.17, 15) is 4.21 Å². The number of halogens is 1. The quantitative estimate of drug-likeness (QED) is 0.783. The predicted molar refractivity (Wildman–Crippen MR) is 75.1 cm³/mol. The van der Waals surface area contributed by atoms with Gasteiger partial charge in [0.2, 0.25) is 5.88 Å². The molecule has 0 fully saturated rings. The van der Waals surface area contributed by atoms with E-state index in [-0.39, 0.29) is 11.9 Å². The molecule has 2 unspecified atom stereocenters. The van der Waals surface area contributed by atoms with Crippen molar-refractivity contribution >= 4 is 33.6 Å². The maximum atomic E-state index is 11.4. The Hall–Kier alpha value is -1.21. The Morgan fingerprint density at radius 3 is 2.84 bits per heavy atom. The molecule has 19 heavy (non-hydrogen) atoms. The highest BCUT2D eigenvalue weighted by Crippen LogP contribution is 2.25. The maximum Gasteiger partial charge on any atom is 0.245 e. The topological polar surface area (TPSA) is 69.9 Å². The standard InChI is InChI=1S/C11H15ClN4O2S/c1-7(5-19(3)17)16-8(4-12)15-9-10(16)13-6-14-11(9)18-2/h6-7H,4-5H2,1-3H3. The molecule has 0 saturated heterocycles. The Morgan fingerprint density at radius 1 is 1.53 bits per heavy atom. The van der Waals surface area contributed by atoms with Gasteiger partial charge >= 0.3 is 0 Å². The Balaban J connectivity index is 2.61. The van der Waals surface area contributed by atoms with Crippen LogP contribution in [0.5, 0.6) is 5.88 Å². The van der Waals surface area contributed by atoms with Crippen LogP contribution in [0.25, 0.3) is 11.2 Å². The van der Waals surface area contributed by atoms with Gasteiger partial charge in [-0.3, -0.25) is 4.21 Å². The summed E-state index contributed by atoms with van der Waals surface area (Å²) in [6.45, 7) is 1.97.